The average Bonchev–Trinajstić information content (AvgIpc) is 2.63. The number of carbonyl (C=O) groups excluding carboxylic acids is 2. The van der Waals surface area contributed by atoms with Crippen LogP contribution in [-0.2, 0) is 14.3 Å². The average molecular weight is 337 g/mol. The van der Waals surface area contributed by atoms with Gasteiger partial charge in [0.15, 0.2) is 11.5 Å². The van der Waals surface area contributed by atoms with Crippen LogP contribution in [0.2, 0.25) is 0 Å². The predicted molar refractivity (Wildman–Crippen MR) is 70.2 cm³/mol. The van der Waals surface area contributed by atoms with Gasteiger partial charge in [0.25, 0.3) is 0 Å². The first-order chi connectivity index (χ1) is 8.51. The zero-order valence-corrected chi connectivity index (χ0v) is 12.6. The van der Waals surface area contributed by atoms with Crippen molar-refractivity contribution < 1.29 is 23.8 Å². The smallest absolute Gasteiger partial charge is 0.351 e. The van der Waals surface area contributed by atoms with Crippen LogP contribution in [0.1, 0.15) is 22.2 Å². The number of methoxy groups -OCH3 is 1. The van der Waals surface area contributed by atoms with Crippen LogP contribution < -0.4 is 4.74 Å². The molecule has 0 radical (unpaired) electrons. The molecule has 0 bridgehead atoms. The van der Waals surface area contributed by atoms with E-state index in [1.165, 1.54) is 18.4 Å². The molecule has 100 valence electrons. The van der Waals surface area contributed by atoms with Gasteiger partial charge < -0.3 is 14.2 Å². The topological polar surface area (TPSA) is 61.8 Å². The van der Waals surface area contributed by atoms with Crippen molar-refractivity contribution in [2.45, 2.75) is 13.8 Å². The standard InChI is InChI=1S/C11H13BrO5S/c1-4-16-7(13)5-17-8-6(2)10(12)18-9(8)11(14)15-3/h4-5H2,1-3H3. The number of rotatable bonds is 5. The minimum Gasteiger partial charge on any atom is -0.480 e. The molecule has 0 saturated heterocycles. The van der Waals surface area contributed by atoms with E-state index in [0.717, 1.165) is 9.35 Å². The first-order valence-corrected chi connectivity index (χ1v) is 6.77. The molecule has 0 fully saturated rings. The van der Waals surface area contributed by atoms with Gasteiger partial charge in [-0.3, -0.25) is 0 Å². The Morgan fingerprint density at radius 3 is 2.61 bits per heavy atom. The fraction of sp³-hybridized carbons (Fsp3) is 0.455. The summed E-state index contributed by atoms with van der Waals surface area (Å²) in [5.74, 6) is -0.616. The number of esters is 2. The molecule has 5 nitrogen and oxygen atoms in total. The van der Waals surface area contributed by atoms with Crippen molar-refractivity contribution in [2.75, 3.05) is 20.3 Å². The van der Waals surface area contributed by atoms with Crippen molar-refractivity contribution in [3.05, 3.63) is 14.2 Å². The highest BCUT2D eigenvalue weighted by Crippen LogP contribution is 2.38. The van der Waals surface area contributed by atoms with Crippen LogP contribution in [0.5, 0.6) is 5.75 Å². The summed E-state index contributed by atoms with van der Waals surface area (Å²) in [4.78, 5) is 23.1. The Morgan fingerprint density at radius 1 is 1.39 bits per heavy atom. The van der Waals surface area contributed by atoms with Gasteiger partial charge in [-0.25, -0.2) is 9.59 Å². The lowest BCUT2D eigenvalue weighted by Crippen LogP contribution is -2.15. The van der Waals surface area contributed by atoms with Gasteiger partial charge >= 0.3 is 11.9 Å². The normalized spacial score (nSPS) is 10.0. The maximum absolute atomic E-state index is 11.5. The molecule has 0 aliphatic rings. The number of thiophene rings is 1. The molecule has 0 unspecified atom stereocenters. The number of hydrogen-bond donors (Lipinski definition) is 0. The van der Waals surface area contributed by atoms with Crippen molar-refractivity contribution in [1.82, 2.24) is 0 Å². The molecule has 0 saturated carbocycles. The molecule has 0 aliphatic heterocycles. The van der Waals surface area contributed by atoms with Gasteiger partial charge in [-0.05, 0) is 29.8 Å². The highest BCUT2D eigenvalue weighted by atomic mass is 79.9. The van der Waals surface area contributed by atoms with Crippen LogP contribution in [0.3, 0.4) is 0 Å². The fourth-order valence-corrected chi connectivity index (χ4v) is 2.77. The van der Waals surface area contributed by atoms with Crippen LogP contribution in [0.25, 0.3) is 0 Å². The zero-order valence-electron chi connectivity index (χ0n) is 10.2. The third kappa shape index (κ3) is 3.46. The number of ether oxygens (including phenoxy) is 3. The molecule has 1 aromatic heterocycles. The largest absolute Gasteiger partial charge is 0.480 e. The quantitative estimate of drug-likeness (QED) is 0.773. The second-order valence-corrected chi connectivity index (χ2v) is 5.58. The second kappa shape index (κ2) is 6.75. The van der Waals surface area contributed by atoms with Crippen molar-refractivity contribution in [3.63, 3.8) is 0 Å². The first kappa shape index (κ1) is 15.0. The Hall–Kier alpha value is -1.08. The van der Waals surface area contributed by atoms with Gasteiger partial charge in [0.05, 0.1) is 17.5 Å². The molecule has 18 heavy (non-hydrogen) atoms. The zero-order chi connectivity index (χ0) is 13.7. The minimum absolute atomic E-state index is 0.234. The van der Waals surface area contributed by atoms with Crippen molar-refractivity contribution in [1.29, 1.82) is 0 Å². The lowest BCUT2D eigenvalue weighted by atomic mass is 10.3. The number of carbonyl (C=O) groups is 2. The van der Waals surface area contributed by atoms with Crippen LogP contribution >= 0.6 is 27.3 Å². The predicted octanol–water partition coefficient (Wildman–Crippen LogP) is 2.55. The van der Waals surface area contributed by atoms with E-state index in [0.29, 0.717) is 17.2 Å². The molecule has 1 rings (SSSR count). The molecule has 0 spiro atoms. The molecule has 0 N–H and O–H groups in total. The summed E-state index contributed by atoms with van der Waals surface area (Å²) in [6.45, 7) is 3.55. The van der Waals surface area contributed by atoms with E-state index < -0.39 is 11.9 Å². The Morgan fingerprint density at radius 2 is 2.06 bits per heavy atom. The summed E-state index contributed by atoms with van der Waals surface area (Å²) in [6.07, 6.45) is 0. The van der Waals surface area contributed by atoms with Crippen molar-refractivity contribution in [3.8, 4) is 5.75 Å². The van der Waals surface area contributed by atoms with E-state index in [-0.39, 0.29) is 6.61 Å². The molecular weight excluding hydrogens is 324 g/mol. The summed E-state index contributed by atoms with van der Waals surface area (Å²) in [5.41, 5.74) is 0.754. The maximum atomic E-state index is 11.5. The number of halogens is 1. The van der Waals surface area contributed by atoms with Crippen molar-refractivity contribution >= 4 is 39.2 Å². The van der Waals surface area contributed by atoms with Crippen molar-refractivity contribution in [2.24, 2.45) is 0 Å². The molecule has 7 heteroatoms. The van der Waals surface area contributed by atoms with Gasteiger partial charge in [0.1, 0.15) is 5.75 Å². The lowest BCUT2D eigenvalue weighted by Gasteiger charge is -2.07. The monoisotopic (exact) mass is 336 g/mol. The van der Waals surface area contributed by atoms with E-state index in [1.54, 1.807) is 13.8 Å². The second-order valence-electron chi connectivity index (χ2n) is 3.24. The van der Waals surface area contributed by atoms with Crippen LogP contribution in [0.15, 0.2) is 3.79 Å². The van der Waals surface area contributed by atoms with Crippen LogP contribution in [0.4, 0.5) is 0 Å². The molecule has 0 amide bonds. The summed E-state index contributed by atoms with van der Waals surface area (Å²) >= 11 is 4.52. The molecule has 1 aromatic rings. The van der Waals surface area contributed by atoms with E-state index in [2.05, 4.69) is 20.7 Å². The van der Waals surface area contributed by atoms with Gasteiger partial charge in [-0.2, -0.15) is 0 Å². The third-order valence-electron chi connectivity index (χ3n) is 2.04. The Kier molecular flexibility index (Phi) is 5.61. The van der Waals surface area contributed by atoms with E-state index >= 15 is 0 Å². The fourth-order valence-electron chi connectivity index (χ4n) is 1.21. The van der Waals surface area contributed by atoms with E-state index in [9.17, 15) is 9.59 Å². The van der Waals surface area contributed by atoms with Crippen LogP contribution in [-0.4, -0.2) is 32.3 Å². The van der Waals surface area contributed by atoms with E-state index in [1.807, 2.05) is 0 Å². The minimum atomic E-state index is -0.493. The first-order valence-electron chi connectivity index (χ1n) is 5.16. The molecule has 1 heterocycles. The van der Waals surface area contributed by atoms with Gasteiger partial charge in [-0.1, -0.05) is 0 Å². The highest BCUT2D eigenvalue weighted by Gasteiger charge is 2.22. The Balaban J connectivity index is 2.86. The van der Waals surface area contributed by atoms with Gasteiger partial charge in [0, 0.05) is 5.56 Å². The molecular formula is C11H13BrO5S. The maximum Gasteiger partial charge on any atom is 0.351 e. The van der Waals surface area contributed by atoms with Gasteiger partial charge in [0.2, 0.25) is 0 Å². The number of hydrogen-bond acceptors (Lipinski definition) is 6. The summed E-state index contributed by atoms with van der Waals surface area (Å²) < 4.78 is 15.5. The Bertz CT molecular complexity index is 455. The summed E-state index contributed by atoms with van der Waals surface area (Å²) in [5, 5.41) is 0. The van der Waals surface area contributed by atoms with Gasteiger partial charge in [-0.15, -0.1) is 11.3 Å². The summed E-state index contributed by atoms with van der Waals surface area (Å²) in [7, 11) is 1.29. The lowest BCUT2D eigenvalue weighted by molar-refractivity contribution is -0.145. The van der Waals surface area contributed by atoms with Crippen LogP contribution in [0, 0.1) is 6.92 Å². The Labute approximate surface area is 117 Å². The molecule has 0 aliphatic carbocycles. The SMILES string of the molecule is CCOC(=O)COc1c(C(=O)OC)sc(Br)c1C. The summed E-state index contributed by atoms with van der Waals surface area (Å²) in [6, 6.07) is 0. The molecule has 0 atom stereocenters. The highest BCUT2D eigenvalue weighted by molar-refractivity contribution is 9.11. The third-order valence-corrected chi connectivity index (χ3v) is 4.17. The van der Waals surface area contributed by atoms with E-state index in [4.69, 9.17) is 9.47 Å². The molecule has 0 aromatic carbocycles.